The third-order valence-corrected chi connectivity index (χ3v) is 10.00. The number of halogens is 1. The highest BCUT2D eigenvalue weighted by Gasteiger charge is 2.61. The van der Waals surface area contributed by atoms with E-state index >= 15 is 0 Å². The zero-order valence-electron chi connectivity index (χ0n) is 22.2. The van der Waals surface area contributed by atoms with Crippen LogP contribution in [0.4, 0.5) is 4.39 Å². The van der Waals surface area contributed by atoms with Crippen molar-refractivity contribution in [2.45, 2.75) is 57.0 Å². The van der Waals surface area contributed by atoms with Crippen LogP contribution in [0.2, 0.25) is 0 Å². The maximum atomic E-state index is 14.5. The Morgan fingerprint density at radius 3 is 2.79 bits per heavy atom. The predicted molar refractivity (Wildman–Crippen MR) is 147 cm³/mol. The monoisotopic (exact) mass is 522 g/mol. The Morgan fingerprint density at radius 2 is 1.95 bits per heavy atom. The van der Waals surface area contributed by atoms with Gasteiger partial charge in [-0.2, -0.15) is 14.4 Å². The fraction of sp³-hybridized carbons (Fsp3) is 0.406. The standard InChI is InChI=1S/C32H31FN4O2/c1-4-32(38)16-14-26-25-11-9-19-17-21(10-12-22(19)24(25)13-15-31(26,32)2)39-30-35-28(34-29(33)36-30)27-23-8-6-5-7-20(23)18-37(27)3/h1,5-8,10,12,17-18,24-26,38H,9,11,13-16H2,2-3H3/t24?,25-,26?,31+,32?/m1/s1. The first-order valence-corrected chi connectivity index (χ1v) is 13.8. The van der Waals surface area contributed by atoms with Gasteiger partial charge in [0.2, 0.25) is 0 Å². The summed E-state index contributed by atoms with van der Waals surface area (Å²) in [5.41, 5.74) is 2.11. The largest absolute Gasteiger partial charge is 0.424 e. The third kappa shape index (κ3) is 3.61. The predicted octanol–water partition coefficient (Wildman–Crippen LogP) is 6.18. The Labute approximate surface area is 227 Å². The SMILES string of the molecule is C#CC1(O)CCC2[C@@H]3CCc4cc(Oc5nc(F)nc(-c6c7ccccc7cn6C)n5)ccc4C3CC[C@@]21C. The minimum Gasteiger partial charge on any atom is -0.424 e. The van der Waals surface area contributed by atoms with E-state index in [2.05, 4.69) is 33.9 Å². The first-order chi connectivity index (χ1) is 18.8. The molecule has 2 fully saturated rings. The highest BCUT2D eigenvalue weighted by molar-refractivity contribution is 5.94. The first-order valence-electron chi connectivity index (χ1n) is 13.8. The van der Waals surface area contributed by atoms with E-state index in [0.717, 1.165) is 42.9 Å². The Morgan fingerprint density at radius 1 is 1.10 bits per heavy atom. The molecule has 0 bridgehead atoms. The first kappa shape index (κ1) is 24.3. The van der Waals surface area contributed by atoms with Crippen molar-refractivity contribution in [3.8, 4) is 35.6 Å². The van der Waals surface area contributed by atoms with Crippen LogP contribution in [-0.4, -0.2) is 30.2 Å². The molecule has 0 aliphatic heterocycles. The second kappa shape index (κ2) is 8.62. The molecule has 2 heterocycles. The van der Waals surface area contributed by atoms with E-state index in [1.165, 1.54) is 11.1 Å². The van der Waals surface area contributed by atoms with Gasteiger partial charge in [0, 0.05) is 29.4 Å². The van der Waals surface area contributed by atoms with E-state index in [1.54, 1.807) is 0 Å². The van der Waals surface area contributed by atoms with Gasteiger partial charge in [-0.1, -0.05) is 43.2 Å². The smallest absolute Gasteiger partial charge is 0.328 e. The van der Waals surface area contributed by atoms with Gasteiger partial charge < -0.3 is 14.4 Å². The van der Waals surface area contributed by atoms with Crippen molar-refractivity contribution in [2.75, 3.05) is 0 Å². The zero-order chi connectivity index (χ0) is 26.9. The highest BCUT2D eigenvalue weighted by Crippen LogP contribution is 2.64. The summed E-state index contributed by atoms with van der Waals surface area (Å²) in [5, 5.41) is 13.1. The van der Waals surface area contributed by atoms with E-state index in [9.17, 15) is 9.50 Å². The average Bonchev–Trinajstić information content (AvgIpc) is 3.41. The topological polar surface area (TPSA) is 73.1 Å². The van der Waals surface area contributed by atoms with Crippen molar-refractivity contribution in [3.63, 3.8) is 0 Å². The van der Waals surface area contributed by atoms with Crippen molar-refractivity contribution in [2.24, 2.45) is 24.3 Å². The van der Waals surface area contributed by atoms with E-state index in [-0.39, 0.29) is 17.2 Å². The molecule has 4 aromatic rings. The molecule has 198 valence electrons. The van der Waals surface area contributed by atoms with Gasteiger partial charge in [-0.15, -0.1) is 11.4 Å². The summed E-state index contributed by atoms with van der Waals surface area (Å²) >= 11 is 0. The quantitative estimate of drug-likeness (QED) is 0.325. The number of rotatable bonds is 3. The summed E-state index contributed by atoms with van der Waals surface area (Å²) in [6, 6.07) is 13.9. The Bertz CT molecular complexity index is 1660. The Balaban J connectivity index is 1.17. The molecule has 1 N–H and O–H groups in total. The number of terminal acetylenes is 1. The molecule has 3 unspecified atom stereocenters. The summed E-state index contributed by atoms with van der Waals surface area (Å²) in [6.07, 6.45) is 12.5. The van der Waals surface area contributed by atoms with Crippen LogP contribution in [0, 0.1) is 35.7 Å². The third-order valence-electron chi connectivity index (χ3n) is 10.00. The fourth-order valence-corrected chi connectivity index (χ4v) is 8.03. The molecule has 7 rings (SSSR count). The number of ether oxygens (including phenoxy) is 1. The van der Waals surface area contributed by atoms with Crippen LogP contribution in [0.1, 0.15) is 56.1 Å². The van der Waals surface area contributed by atoms with Gasteiger partial charge in [-0.25, -0.2) is 0 Å². The molecule has 2 aromatic carbocycles. The van der Waals surface area contributed by atoms with E-state index < -0.39 is 11.7 Å². The van der Waals surface area contributed by atoms with Crippen molar-refractivity contribution in [1.29, 1.82) is 0 Å². The lowest BCUT2D eigenvalue weighted by atomic mass is 9.53. The molecule has 3 aliphatic rings. The summed E-state index contributed by atoms with van der Waals surface area (Å²) < 4.78 is 22.5. The normalized spacial score (nSPS) is 29.4. The lowest BCUT2D eigenvalue weighted by molar-refractivity contribution is -0.0646. The number of hydrogen-bond donors (Lipinski definition) is 1. The van der Waals surface area contributed by atoms with Gasteiger partial charge in [-0.05, 0) is 79.5 Å². The minimum absolute atomic E-state index is 0.0654. The molecule has 0 amide bonds. The van der Waals surface area contributed by atoms with E-state index in [4.69, 9.17) is 11.2 Å². The van der Waals surface area contributed by atoms with Gasteiger partial charge in [0.25, 0.3) is 0 Å². The molecule has 2 aromatic heterocycles. The van der Waals surface area contributed by atoms with Crippen molar-refractivity contribution in [1.82, 2.24) is 19.5 Å². The van der Waals surface area contributed by atoms with Crippen molar-refractivity contribution >= 4 is 10.8 Å². The molecule has 0 radical (unpaired) electrons. The number of nitrogens with zero attached hydrogens (tertiary/aromatic N) is 4. The average molecular weight is 523 g/mol. The molecule has 39 heavy (non-hydrogen) atoms. The lowest BCUT2D eigenvalue weighted by Crippen LogP contribution is -2.50. The molecule has 7 heteroatoms. The molecule has 2 saturated carbocycles. The second-order valence-electron chi connectivity index (χ2n) is 11.8. The van der Waals surface area contributed by atoms with Gasteiger partial charge in [-0.3, -0.25) is 0 Å². The van der Waals surface area contributed by atoms with Crippen molar-refractivity contribution < 1.29 is 14.2 Å². The number of aromatic nitrogens is 4. The van der Waals surface area contributed by atoms with Gasteiger partial charge in [0.15, 0.2) is 5.82 Å². The molecule has 6 nitrogen and oxygen atoms in total. The van der Waals surface area contributed by atoms with Crippen LogP contribution in [0.5, 0.6) is 11.8 Å². The number of hydrogen-bond acceptors (Lipinski definition) is 5. The lowest BCUT2D eigenvalue weighted by Gasteiger charge is -2.52. The van der Waals surface area contributed by atoms with Crippen LogP contribution < -0.4 is 4.74 Å². The van der Waals surface area contributed by atoms with Gasteiger partial charge in [0.1, 0.15) is 11.4 Å². The van der Waals surface area contributed by atoms with Gasteiger partial charge in [0.05, 0.1) is 5.69 Å². The zero-order valence-corrected chi connectivity index (χ0v) is 22.2. The van der Waals surface area contributed by atoms with Crippen LogP contribution in [-0.2, 0) is 13.5 Å². The van der Waals surface area contributed by atoms with E-state index in [0.29, 0.717) is 35.6 Å². The maximum absolute atomic E-state index is 14.5. The van der Waals surface area contributed by atoms with Crippen molar-refractivity contribution in [3.05, 3.63) is 65.9 Å². The minimum atomic E-state index is -0.995. The van der Waals surface area contributed by atoms with Gasteiger partial charge >= 0.3 is 12.1 Å². The van der Waals surface area contributed by atoms with Crippen LogP contribution in [0.25, 0.3) is 22.3 Å². The number of aryl methyl sites for hydroxylation is 2. The Hall–Kier alpha value is -3.76. The molecule has 0 saturated heterocycles. The van der Waals surface area contributed by atoms with Crippen LogP contribution in [0.3, 0.4) is 0 Å². The molecule has 5 atom stereocenters. The van der Waals surface area contributed by atoms with Crippen LogP contribution >= 0.6 is 0 Å². The van der Waals surface area contributed by atoms with Crippen LogP contribution in [0.15, 0.2) is 48.7 Å². The fourth-order valence-electron chi connectivity index (χ4n) is 8.03. The molecular formula is C32H31FN4O2. The Kier molecular flexibility index (Phi) is 5.37. The summed E-state index contributed by atoms with van der Waals surface area (Å²) in [5.74, 6) is 4.97. The van der Waals surface area contributed by atoms with E-state index in [1.807, 2.05) is 54.2 Å². The maximum Gasteiger partial charge on any atom is 0.328 e. The number of benzene rings is 2. The molecule has 0 spiro atoms. The molecule has 3 aliphatic carbocycles. The highest BCUT2D eigenvalue weighted by atomic mass is 19.1. The summed E-state index contributed by atoms with van der Waals surface area (Å²) in [7, 11) is 1.89. The molecular weight excluding hydrogens is 491 g/mol. The summed E-state index contributed by atoms with van der Waals surface area (Å²) in [4.78, 5) is 12.3. The second-order valence-corrected chi connectivity index (χ2v) is 11.8. The number of aliphatic hydroxyl groups is 1. The summed E-state index contributed by atoms with van der Waals surface area (Å²) in [6.45, 7) is 2.20. The number of fused-ring (bicyclic) bond motifs is 6.